The number of likely N-dealkylation sites (tertiary alicyclic amines) is 1. The van der Waals surface area contributed by atoms with Crippen LogP contribution >= 0.6 is 0 Å². The summed E-state index contributed by atoms with van der Waals surface area (Å²) in [5.41, 5.74) is 0.225. The predicted molar refractivity (Wildman–Crippen MR) is 98.4 cm³/mol. The third kappa shape index (κ3) is 4.80. The van der Waals surface area contributed by atoms with Gasteiger partial charge < -0.3 is 10.2 Å². The van der Waals surface area contributed by atoms with Gasteiger partial charge in [0.25, 0.3) is 5.69 Å². The number of benzene rings is 1. The van der Waals surface area contributed by atoms with Crippen LogP contribution in [0.25, 0.3) is 0 Å². The summed E-state index contributed by atoms with van der Waals surface area (Å²) in [5, 5.41) is 13.8. The van der Waals surface area contributed by atoms with Gasteiger partial charge in [-0.1, -0.05) is 32.9 Å². The van der Waals surface area contributed by atoms with Crippen molar-refractivity contribution in [2.75, 3.05) is 13.1 Å². The molecule has 0 aliphatic carbocycles. The fourth-order valence-corrected chi connectivity index (χ4v) is 3.17. The van der Waals surface area contributed by atoms with E-state index in [9.17, 15) is 19.7 Å². The SMILES string of the molecule is CC(NC(=O)C1CCCN(C(=O)C(C)(C)C)C1)c1cccc([N+](=O)[O-])c1. The van der Waals surface area contributed by atoms with Crippen molar-refractivity contribution in [3.05, 3.63) is 39.9 Å². The molecule has 0 saturated carbocycles. The Hall–Kier alpha value is -2.44. The minimum absolute atomic E-state index is 0.00298. The molecule has 1 aliphatic rings. The lowest BCUT2D eigenvalue weighted by Crippen LogP contribution is -2.49. The number of nitrogens with zero attached hydrogens (tertiary/aromatic N) is 2. The van der Waals surface area contributed by atoms with Gasteiger partial charge in [0.2, 0.25) is 11.8 Å². The third-order valence-corrected chi connectivity index (χ3v) is 4.66. The number of hydrogen-bond donors (Lipinski definition) is 1. The van der Waals surface area contributed by atoms with Gasteiger partial charge in [-0.15, -0.1) is 0 Å². The molecular weight excluding hydrogens is 334 g/mol. The number of nitro groups is 1. The Morgan fingerprint density at radius 1 is 1.35 bits per heavy atom. The predicted octanol–water partition coefficient (Wildman–Crippen LogP) is 3.06. The number of non-ortho nitro benzene ring substituents is 1. The first kappa shape index (κ1) is 19.9. The largest absolute Gasteiger partial charge is 0.349 e. The maximum absolute atomic E-state index is 12.6. The number of rotatable bonds is 4. The zero-order chi connectivity index (χ0) is 19.5. The number of amides is 2. The highest BCUT2D eigenvalue weighted by Crippen LogP contribution is 2.25. The molecule has 0 radical (unpaired) electrons. The van der Waals surface area contributed by atoms with Crippen molar-refractivity contribution in [2.45, 2.75) is 46.6 Å². The standard InChI is InChI=1S/C19H27N3O4/c1-13(14-7-5-9-16(11-14)22(25)26)20-17(23)15-8-6-10-21(12-15)18(24)19(2,3)4/h5,7,9,11,13,15H,6,8,10,12H2,1-4H3,(H,20,23). The van der Waals surface area contributed by atoms with E-state index in [-0.39, 0.29) is 29.5 Å². The van der Waals surface area contributed by atoms with E-state index in [2.05, 4.69) is 5.32 Å². The quantitative estimate of drug-likeness (QED) is 0.659. The van der Waals surface area contributed by atoms with Gasteiger partial charge in [-0.25, -0.2) is 0 Å². The van der Waals surface area contributed by atoms with Gasteiger partial charge >= 0.3 is 0 Å². The molecule has 7 heteroatoms. The van der Waals surface area contributed by atoms with Gasteiger partial charge in [0, 0.05) is 30.6 Å². The van der Waals surface area contributed by atoms with E-state index in [1.807, 2.05) is 20.8 Å². The molecule has 1 N–H and O–H groups in total. The number of nitrogens with one attached hydrogen (secondary N) is 1. The first-order valence-electron chi connectivity index (χ1n) is 8.93. The zero-order valence-corrected chi connectivity index (χ0v) is 15.8. The normalized spacial score (nSPS) is 18.9. The molecule has 2 amide bonds. The molecule has 1 saturated heterocycles. The molecule has 26 heavy (non-hydrogen) atoms. The number of hydrogen-bond acceptors (Lipinski definition) is 4. The molecule has 1 aliphatic heterocycles. The number of carbonyl (C=O) groups is 2. The lowest BCUT2D eigenvalue weighted by Gasteiger charge is -2.36. The molecule has 2 atom stereocenters. The highest BCUT2D eigenvalue weighted by molar-refractivity contribution is 5.84. The summed E-state index contributed by atoms with van der Waals surface area (Å²) in [7, 11) is 0. The van der Waals surface area contributed by atoms with Gasteiger partial charge in [-0.05, 0) is 25.3 Å². The van der Waals surface area contributed by atoms with Gasteiger partial charge in [0.05, 0.1) is 16.9 Å². The van der Waals surface area contributed by atoms with Crippen molar-refractivity contribution in [2.24, 2.45) is 11.3 Å². The molecule has 1 aromatic rings. The monoisotopic (exact) mass is 361 g/mol. The summed E-state index contributed by atoms with van der Waals surface area (Å²) >= 11 is 0. The van der Waals surface area contributed by atoms with E-state index >= 15 is 0 Å². The summed E-state index contributed by atoms with van der Waals surface area (Å²) in [5.74, 6) is -0.312. The van der Waals surface area contributed by atoms with Gasteiger partial charge in [-0.3, -0.25) is 19.7 Å². The molecule has 1 fully saturated rings. The Bertz CT molecular complexity index is 696. The number of nitro benzene ring substituents is 1. The average molecular weight is 361 g/mol. The van der Waals surface area contributed by atoms with Gasteiger partial charge in [-0.2, -0.15) is 0 Å². The van der Waals surface area contributed by atoms with Crippen LogP contribution in [0, 0.1) is 21.4 Å². The van der Waals surface area contributed by atoms with Crippen LogP contribution in [0.4, 0.5) is 5.69 Å². The first-order valence-corrected chi connectivity index (χ1v) is 8.93. The summed E-state index contributed by atoms with van der Waals surface area (Å²) in [6.45, 7) is 8.54. The summed E-state index contributed by atoms with van der Waals surface area (Å²) < 4.78 is 0. The van der Waals surface area contributed by atoms with Crippen LogP contribution in [0.15, 0.2) is 24.3 Å². The van der Waals surface area contributed by atoms with E-state index < -0.39 is 10.3 Å². The maximum atomic E-state index is 12.6. The van der Waals surface area contributed by atoms with E-state index in [0.29, 0.717) is 18.7 Å². The fourth-order valence-electron chi connectivity index (χ4n) is 3.17. The summed E-state index contributed by atoms with van der Waals surface area (Å²) in [4.78, 5) is 37.3. The Morgan fingerprint density at radius 2 is 2.04 bits per heavy atom. The molecule has 2 rings (SSSR count). The van der Waals surface area contributed by atoms with Crippen LogP contribution in [0.2, 0.25) is 0 Å². The van der Waals surface area contributed by atoms with Crippen molar-refractivity contribution < 1.29 is 14.5 Å². The highest BCUT2D eigenvalue weighted by atomic mass is 16.6. The van der Waals surface area contributed by atoms with Crippen molar-refractivity contribution in [3.63, 3.8) is 0 Å². The average Bonchev–Trinajstić information content (AvgIpc) is 2.60. The van der Waals surface area contributed by atoms with Crippen LogP contribution < -0.4 is 5.32 Å². The molecule has 1 aromatic carbocycles. The Labute approximate surface area is 153 Å². The molecule has 2 unspecified atom stereocenters. The third-order valence-electron chi connectivity index (χ3n) is 4.66. The smallest absolute Gasteiger partial charge is 0.269 e. The Balaban J connectivity index is 2.01. The van der Waals surface area contributed by atoms with Crippen molar-refractivity contribution in [1.82, 2.24) is 10.2 Å². The first-order chi connectivity index (χ1) is 12.1. The fraction of sp³-hybridized carbons (Fsp3) is 0.579. The second-order valence-electron chi connectivity index (χ2n) is 7.92. The molecule has 7 nitrogen and oxygen atoms in total. The number of carbonyl (C=O) groups excluding carboxylic acids is 2. The second-order valence-corrected chi connectivity index (χ2v) is 7.92. The zero-order valence-electron chi connectivity index (χ0n) is 15.8. The molecule has 0 aromatic heterocycles. The van der Waals surface area contributed by atoms with E-state index in [1.54, 1.807) is 24.0 Å². The minimum atomic E-state index is -0.464. The van der Waals surface area contributed by atoms with Crippen LogP contribution in [0.5, 0.6) is 0 Å². The topological polar surface area (TPSA) is 92.6 Å². The minimum Gasteiger partial charge on any atom is -0.349 e. The van der Waals surface area contributed by atoms with Crippen LogP contribution in [-0.4, -0.2) is 34.7 Å². The second kappa shape index (κ2) is 7.85. The maximum Gasteiger partial charge on any atom is 0.269 e. The summed E-state index contributed by atoms with van der Waals surface area (Å²) in [6.07, 6.45) is 1.53. The molecule has 0 bridgehead atoms. The van der Waals surface area contributed by atoms with Crippen molar-refractivity contribution >= 4 is 17.5 Å². The molecule has 1 heterocycles. The van der Waals surface area contributed by atoms with Crippen LogP contribution in [-0.2, 0) is 9.59 Å². The van der Waals surface area contributed by atoms with Gasteiger partial charge in [0.1, 0.15) is 0 Å². The Morgan fingerprint density at radius 3 is 2.65 bits per heavy atom. The Kier molecular flexibility index (Phi) is 6.00. The molecular formula is C19H27N3O4. The van der Waals surface area contributed by atoms with Crippen LogP contribution in [0.1, 0.15) is 52.1 Å². The molecule has 0 spiro atoms. The van der Waals surface area contributed by atoms with E-state index in [4.69, 9.17) is 0 Å². The van der Waals surface area contributed by atoms with Crippen molar-refractivity contribution in [1.29, 1.82) is 0 Å². The van der Waals surface area contributed by atoms with Gasteiger partial charge in [0.15, 0.2) is 0 Å². The number of piperidine rings is 1. The van der Waals surface area contributed by atoms with Crippen LogP contribution in [0.3, 0.4) is 0 Å². The molecule has 142 valence electrons. The van der Waals surface area contributed by atoms with E-state index in [0.717, 1.165) is 12.8 Å². The lowest BCUT2D eigenvalue weighted by molar-refractivity contribution is -0.384. The highest BCUT2D eigenvalue weighted by Gasteiger charge is 2.33. The lowest BCUT2D eigenvalue weighted by atomic mass is 9.90. The van der Waals surface area contributed by atoms with Crippen molar-refractivity contribution in [3.8, 4) is 0 Å². The summed E-state index contributed by atoms with van der Waals surface area (Å²) in [6, 6.07) is 5.93. The van der Waals surface area contributed by atoms with E-state index in [1.165, 1.54) is 12.1 Å².